The second-order valence-electron chi connectivity index (χ2n) is 6.46. The highest BCUT2D eigenvalue weighted by molar-refractivity contribution is 7.92. The van der Waals surface area contributed by atoms with E-state index >= 15 is 0 Å². The number of ether oxygens (including phenoxy) is 2. The van der Waals surface area contributed by atoms with Gasteiger partial charge in [0.15, 0.2) is 0 Å². The van der Waals surface area contributed by atoms with Crippen LogP contribution in [0.1, 0.15) is 26.2 Å². The second-order valence-corrected chi connectivity index (χ2v) is 8.14. The molecule has 0 spiro atoms. The number of sulfonamides is 1. The van der Waals surface area contributed by atoms with E-state index in [1.807, 2.05) is 6.92 Å². The number of carbonyl (C=O) groups excluding carboxylic acids is 1. The lowest BCUT2D eigenvalue weighted by Crippen LogP contribution is -2.24. The van der Waals surface area contributed by atoms with E-state index < -0.39 is 10.0 Å². The highest BCUT2D eigenvalue weighted by atomic mass is 32.2. The van der Waals surface area contributed by atoms with Crippen LogP contribution in [0.5, 0.6) is 11.5 Å². The molecule has 1 amide bonds. The second kappa shape index (κ2) is 8.52. The van der Waals surface area contributed by atoms with Gasteiger partial charge in [0.1, 0.15) is 11.5 Å². The van der Waals surface area contributed by atoms with Gasteiger partial charge >= 0.3 is 0 Å². The van der Waals surface area contributed by atoms with E-state index in [4.69, 9.17) is 9.47 Å². The van der Waals surface area contributed by atoms with Crippen molar-refractivity contribution in [1.29, 1.82) is 0 Å². The molecule has 28 heavy (non-hydrogen) atoms. The molecule has 3 rings (SSSR count). The van der Waals surface area contributed by atoms with Gasteiger partial charge in [0.05, 0.1) is 30.0 Å². The number of carbonyl (C=O) groups is 1. The summed E-state index contributed by atoms with van der Waals surface area (Å²) in [6, 6.07) is 11.2. The van der Waals surface area contributed by atoms with Crippen LogP contribution >= 0.6 is 0 Å². The fourth-order valence-electron chi connectivity index (χ4n) is 3.02. The quantitative estimate of drug-likeness (QED) is 0.729. The molecule has 2 aromatic carbocycles. The van der Waals surface area contributed by atoms with Crippen molar-refractivity contribution in [1.82, 2.24) is 0 Å². The number of amides is 1. The first-order valence-corrected chi connectivity index (χ1v) is 10.7. The molecular formula is C20H24N2O5S. The van der Waals surface area contributed by atoms with Gasteiger partial charge in [-0.15, -0.1) is 0 Å². The van der Waals surface area contributed by atoms with E-state index in [-0.39, 0.29) is 10.8 Å². The van der Waals surface area contributed by atoms with Crippen LogP contribution in [0.3, 0.4) is 0 Å². The molecule has 0 aliphatic carbocycles. The summed E-state index contributed by atoms with van der Waals surface area (Å²) >= 11 is 0. The Morgan fingerprint density at radius 3 is 2.50 bits per heavy atom. The van der Waals surface area contributed by atoms with Crippen molar-refractivity contribution in [2.45, 2.75) is 31.1 Å². The molecule has 0 atom stereocenters. The average Bonchev–Trinajstić information content (AvgIpc) is 3.12. The fourth-order valence-corrected chi connectivity index (χ4v) is 4.07. The maximum absolute atomic E-state index is 12.7. The van der Waals surface area contributed by atoms with E-state index in [1.165, 1.54) is 19.2 Å². The van der Waals surface area contributed by atoms with Gasteiger partial charge in [-0.2, -0.15) is 0 Å². The van der Waals surface area contributed by atoms with Gasteiger partial charge in [-0.1, -0.05) is 6.92 Å². The first kappa shape index (κ1) is 20.0. The Balaban J connectivity index is 1.83. The third kappa shape index (κ3) is 4.39. The fraction of sp³-hybridized carbons (Fsp3) is 0.350. The van der Waals surface area contributed by atoms with Crippen LogP contribution < -0.4 is 19.1 Å². The molecule has 0 aromatic heterocycles. The zero-order chi connectivity index (χ0) is 20.1. The standard InChI is InChI=1S/C20H24N2O5S/c1-3-13-27-16-7-9-17(10-8-16)28(24,25)21-15-6-11-19(26-2)18(14-15)22-12-4-5-20(22)23/h6-11,14,21H,3-5,12-13H2,1-2H3. The topological polar surface area (TPSA) is 84.9 Å². The molecule has 150 valence electrons. The largest absolute Gasteiger partial charge is 0.495 e. The third-order valence-corrected chi connectivity index (χ3v) is 5.80. The molecule has 1 aliphatic heterocycles. The Bertz CT molecular complexity index is 942. The van der Waals surface area contributed by atoms with Crippen LogP contribution in [0.4, 0.5) is 11.4 Å². The van der Waals surface area contributed by atoms with Gasteiger partial charge in [0.25, 0.3) is 10.0 Å². The van der Waals surface area contributed by atoms with Gasteiger partial charge in [0.2, 0.25) is 5.91 Å². The monoisotopic (exact) mass is 404 g/mol. The number of hydrogen-bond donors (Lipinski definition) is 1. The Morgan fingerprint density at radius 1 is 1.14 bits per heavy atom. The van der Waals surface area contributed by atoms with E-state index in [2.05, 4.69) is 4.72 Å². The number of benzene rings is 2. The van der Waals surface area contributed by atoms with Crippen molar-refractivity contribution in [3.05, 3.63) is 42.5 Å². The SMILES string of the molecule is CCCOc1ccc(S(=O)(=O)Nc2ccc(OC)c(N3CCCC3=O)c2)cc1. The summed E-state index contributed by atoms with van der Waals surface area (Å²) in [5.74, 6) is 1.15. The number of anilines is 2. The van der Waals surface area contributed by atoms with Crippen LogP contribution in [0, 0.1) is 0 Å². The molecule has 2 aromatic rings. The van der Waals surface area contributed by atoms with Gasteiger partial charge in [-0.05, 0) is 55.3 Å². The van der Waals surface area contributed by atoms with Crippen LogP contribution in [0.15, 0.2) is 47.4 Å². The van der Waals surface area contributed by atoms with Crippen molar-refractivity contribution in [3.63, 3.8) is 0 Å². The molecule has 8 heteroatoms. The van der Waals surface area contributed by atoms with Crippen LogP contribution in [0.25, 0.3) is 0 Å². The lowest BCUT2D eigenvalue weighted by molar-refractivity contribution is -0.117. The summed E-state index contributed by atoms with van der Waals surface area (Å²) in [4.78, 5) is 13.8. The molecule has 7 nitrogen and oxygen atoms in total. The summed E-state index contributed by atoms with van der Waals surface area (Å²) < 4.78 is 38.8. The Labute approximate surface area is 165 Å². The van der Waals surface area contributed by atoms with E-state index in [0.29, 0.717) is 42.4 Å². The van der Waals surface area contributed by atoms with Crippen LogP contribution in [-0.2, 0) is 14.8 Å². The smallest absolute Gasteiger partial charge is 0.261 e. The maximum Gasteiger partial charge on any atom is 0.261 e. The Morgan fingerprint density at radius 2 is 1.89 bits per heavy atom. The van der Waals surface area contributed by atoms with Gasteiger partial charge in [-0.25, -0.2) is 8.42 Å². The Kier molecular flexibility index (Phi) is 6.08. The first-order valence-electron chi connectivity index (χ1n) is 9.18. The molecule has 1 N–H and O–H groups in total. The van der Waals surface area contributed by atoms with Gasteiger partial charge < -0.3 is 14.4 Å². The van der Waals surface area contributed by atoms with Crippen LogP contribution in [0.2, 0.25) is 0 Å². The maximum atomic E-state index is 12.7. The van der Waals surface area contributed by atoms with Crippen molar-refractivity contribution in [2.24, 2.45) is 0 Å². The minimum absolute atomic E-state index is 0.000903. The molecule has 0 unspecified atom stereocenters. The highest BCUT2D eigenvalue weighted by Gasteiger charge is 2.25. The summed E-state index contributed by atoms with van der Waals surface area (Å²) in [6.07, 6.45) is 2.12. The highest BCUT2D eigenvalue weighted by Crippen LogP contribution is 2.34. The van der Waals surface area contributed by atoms with Crippen molar-refractivity contribution in [2.75, 3.05) is 29.9 Å². The van der Waals surface area contributed by atoms with Crippen molar-refractivity contribution in [3.8, 4) is 11.5 Å². The van der Waals surface area contributed by atoms with Crippen molar-refractivity contribution >= 4 is 27.3 Å². The predicted octanol–water partition coefficient (Wildman–Crippen LogP) is 3.41. The van der Waals surface area contributed by atoms with E-state index in [9.17, 15) is 13.2 Å². The average molecular weight is 404 g/mol. The summed E-state index contributed by atoms with van der Waals surface area (Å²) in [7, 11) is -2.25. The van der Waals surface area contributed by atoms with E-state index in [1.54, 1.807) is 35.2 Å². The molecule has 1 heterocycles. The first-order chi connectivity index (χ1) is 13.4. The molecule has 0 saturated carbocycles. The van der Waals surface area contributed by atoms with Gasteiger partial charge in [-0.3, -0.25) is 9.52 Å². The molecule has 1 aliphatic rings. The molecule has 0 bridgehead atoms. The molecular weight excluding hydrogens is 380 g/mol. The van der Waals surface area contributed by atoms with Crippen LogP contribution in [-0.4, -0.2) is 34.6 Å². The third-order valence-electron chi connectivity index (χ3n) is 4.40. The molecule has 0 radical (unpaired) electrons. The van der Waals surface area contributed by atoms with E-state index in [0.717, 1.165) is 12.8 Å². The zero-order valence-electron chi connectivity index (χ0n) is 16.0. The minimum Gasteiger partial charge on any atom is -0.495 e. The number of methoxy groups -OCH3 is 1. The summed E-state index contributed by atoms with van der Waals surface area (Å²) in [5.41, 5.74) is 0.926. The lowest BCUT2D eigenvalue weighted by atomic mass is 10.2. The summed E-state index contributed by atoms with van der Waals surface area (Å²) in [6.45, 7) is 3.17. The van der Waals surface area contributed by atoms with Crippen molar-refractivity contribution < 1.29 is 22.7 Å². The normalized spacial score (nSPS) is 14.2. The Hall–Kier alpha value is -2.74. The molecule has 1 saturated heterocycles. The minimum atomic E-state index is -3.77. The predicted molar refractivity (Wildman–Crippen MR) is 108 cm³/mol. The van der Waals surface area contributed by atoms with Gasteiger partial charge in [0, 0.05) is 13.0 Å². The molecule has 1 fully saturated rings. The lowest BCUT2D eigenvalue weighted by Gasteiger charge is -2.20. The zero-order valence-corrected chi connectivity index (χ0v) is 16.8. The number of hydrogen-bond acceptors (Lipinski definition) is 5. The summed E-state index contributed by atoms with van der Waals surface area (Å²) in [5, 5.41) is 0. The number of nitrogens with one attached hydrogen (secondary N) is 1. The number of rotatable bonds is 8. The number of nitrogens with zero attached hydrogens (tertiary/aromatic N) is 1.